The van der Waals surface area contributed by atoms with Gasteiger partial charge in [0.05, 0.1) is 5.92 Å². The van der Waals surface area contributed by atoms with Gasteiger partial charge in [-0.25, -0.2) is 4.79 Å². The molecular weight excluding hydrogens is 436 g/mol. The van der Waals surface area contributed by atoms with Crippen molar-refractivity contribution in [1.29, 1.82) is 0 Å². The van der Waals surface area contributed by atoms with E-state index in [9.17, 15) is 14.4 Å². The summed E-state index contributed by atoms with van der Waals surface area (Å²) in [5, 5.41) is 18.3. The fraction of sp³-hybridized carbons (Fsp3) is 0.280. The molecule has 1 aromatic heterocycles. The van der Waals surface area contributed by atoms with Crippen molar-refractivity contribution in [3.63, 3.8) is 0 Å². The molecule has 2 aromatic carbocycles. The summed E-state index contributed by atoms with van der Waals surface area (Å²) in [6.45, 7) is 1.95. The molecule has 176 valence electrons. The Morgan fingerprint density at radius 2 is 1.71 bits per heavy atom. The number of carboxylic acids is 1. The maximum atomic E-state index is 12.5. The molecule has 0 radical (unpaired) electrons. The Kier molecular flexibility index (Phi) is 6.62. The van der Waals surface area contributed by atoms with E-state index in [0.29, 0.717) is 12.2 Å². The highest BCUT2D eigenvalue weighted by molar-refractivity contribution is 5.94. The minimum Gasteiger partial charge on any atom is -0.481 e. The number of carbonyl (C=O) groups is 3. The third-order valence-electron chi connectivity index (χ3n) is 5.97. The fourth-order valence-corrected chi connectivity index (χ4v) is 4.05. The molecule has 0 fully saturated rings. The summed E-state index contributed by atoms with van der Waals surface area (Å²) in [6.07, 6.45) is -0.342. The third kappa shape index (κ3) is 4.78. The number of benzene rings is 2. The van der Waals surface area contributed by atoms with Crippen molar-refractivity contribution in [3.05, 3.63) is 71.4 Å². The molecule has 1 aliphatic rings. The summed E-state index contributed by atoms with van der Waals surface area (Å²) in [5.41, 5.74) is 4.64. The molecule has 3 N–H and O–H groups in total. The van der Waals surface area contributed by atoms with Gasteiger partial charge in [-0.3, -0.25) is 19.6 Å². The molecule has 2 amide bonds. The molecule has 0 saturated heterocycles. The number of hydrogen-bond acceptors (Lipinski definition) is 5. The first kappa shape index (κ1) is 23.0. The number of ether oxygens (including phenoxy) is 1. The fourth-order valence-electron chi connectivity index (χ4n) is 4.05. The summed E-state index contributed by atoms with van der Waals surface area (Å²) in [6, 6.07) is 17.6. The summed E-state index contributed by atoms with van der Waals surface area (Å²) >= 11 is 0. The van der Waals surface area contributed by atoms with Gasteiger partial charge in [0.1, 0.15) is 12.4 Å². The van der Waals surface area contributed by atoms with Gasteiger partial charge in [0, 0.05) is 25.6 Å². The number of nitrogens with zero attached hydrogens (tertiary/aromatic N) is 2. The van der Waals surface area contributed by atoms with E-state index in [1.165, 1.54) is 10.7 Å². The van der Waals surface area contributed by atoms with Crippen molar-refractivity contribution in [2.45, 2.75) is 19.3 Å². The quantitative estimate of drug-likeness (QED) is 0.470. The van der Waals surface area contributed by atoms with E-state index in [4.69, 9.17) is 9.84 Å². The molecule has 0 bridgehead atoms. The number of carbonyl (C=O) groups excluding carboxylic acids is 2. The van der Waals surface area contributed by atoms with E-state index in [-0.39, 0.29) is 24.8 Å². The Balaban J connectivity index is 1.35. The van der Waals surface area contributed by atoms with Crippen LogP contribution in [0, 0.1) is 5.92 Å². The second kappa shape index (κ2) is 9.78. The Morgan fingerprint density at radius 1 is 1.09 bits per heavy atom. The molecule has 0 saturated carbocycles. The van der Waals surface area contributed by atoms with E-state index >= 15 is 0 Å². The second-order valence-electron chi connectivity index (χ2n) is 8.27. The van der Waals surface area contributed by atoms with Crippen molar-refractivity contribution in [2.75, 3.05) is 18.5 Å². The number of anilines is 1. The van der Waals surface area contributed by atoms with E-state index in [0.717, 1.165) is 22.3 Å². The van der Waals surface area contributed by atoms with E-state index in [1.807, 2.05) is 36.4 Å². The first-order valence-corrected chi connectivity index (χ1v) is 11.0. The molecule has 34 heavy (non-hydrogen) atoms. The minimum atomic E-state index is -0.915. The minimum absolute atomic E-state index is 0.0563. The normalized spacial score (nSPS) is 13.0. The van der Waals surface area contributed by atoms with Crippen LogP contribution < -0.4 is 10.6 Å². The van der Waals surface area contributed by atoms with Crippen molar-refractivity contribution < 1.29 is 24.2 Å². The molecular formula is C25H26N4O5. The number of aromatic nitrogens is 2. The number of carboxylic acid groups (broad SMARTS) is 1. The number of fused-ring (bicyclic) bond motifs is 3. The molecule has 4 rings (SSSR count). The first-order valence-electron chi connectivity index (χ1n) is 11.0. The van der Waals surface area contributed by atoms with Crippen LogP contribution in [0.5, 0.6) is 0 Å². The molecule has 9 nitrogen and oxygen atoms in total. The van der Waals surface area contributed by atoms with Crippen molar-refractivity contribution in [2.24, 2.45) is 13.0 Å². The molecule has 0 spiro atoms. The topological polar surface area (TPSA) is 123 Å². The molecule has 3 aromatic rings. The lowest BCUT2D eigenvalue weighted by atomic mass is 9.98. The van der Waals surface area contributed by atoms with Crippen molar-refractivity contribution in [3.8, 4) is 11.1 Å². The van der Waals surface area contributed by atoms with Crippen molar-refractivity contribution >= 4 is 23.8 Å². The largest absolute Gasteiger partial charge is 0.481 e. The average molecular weight is 463 g/mol. The zero-order chi connectivity index (χ0) is 24.2. The van der Waals surface area contributed by atoms with Gasteiger partial charge < -0.3 is 15.2 Å². The van der Waals surface area contributed by atoms with Gasteiger partial charge in [0.15, 0.2) is 5.69 Å². The van der Waals surface area contributed by atoms with Gasteiger partial charge in [-0.1, -0.05) is 55.5 Å². The lowest BCUT2D eigenvalue weighted by molar-refractivity contribution is -0.141. The van der Waals surface area contributed by atoms with Crippen LogP contribution in [0.1, 0.15) is 40.9 Å². The predicted molar refractivity (Wildman–Crippen MR) is 126 cm³/mol. The van der Waals surface area contributed by atoms with Gasteiger partial charge in [0.25, 0.3) is 5.91 Å². The summed E-state index contributed by atoms with van der Waals surface area (Å²) in [7, 11) is 1.60. The van der Waals surface area contributed by atoms with Crippen LogP contribution in [0.25, 0.3) is 11.1 Å². The zero-order valence-electron chi connectivity index (χ0n) is 18.9. The van der Waals surface area contributed by atoms with Gasteiger partial charge in [-0.15, -0.1) is 0 Å². The van der Waals surface area contributed by atoms with Crippen LogP contribution in [0.15, 0.2) is 54.6 Å². The first-order chi connectivity index (χ1) is 16.3. The number of aliphatic carboxylic acids is 1. The Morgan fingerprint density at radius 3 is 2.32 bits per heavy atom. The maximum absolute atomic E-state index is 12.5. The predicted octanol–water partition coefficient (Wildman–Crippen LogP) is 3.62. The Bertz CT molecular complexity index is 1190. The average Bonchev–Trinajstić information content (AvgIpc) is 3.35. The number of rotatable bonds is 8. The highest BCUT2D eigenvalue weighted by Crippen LogP contribution is 2.44. The van der Waals surface area contributed by atoms with Crippen LogP contribution in [0.2, 0.25) is 0 Å². The molecule has 1 aliphatic carbocycles. The number of aryl methyl sites for hydroxylation is 1. The van der Waals surface area contributed by atoms with Gasteiger partial charge in [-0.2, -0.15) is 5.10 Å². The van der Waals surface area contributed by atoms with E-state index in [1.54, 1.807) is 14.0 Å². The van der Waals surface area contributed by atoms with Crippen LogP contribution in [0.4, 0.5) is 10.6 Å². The summed E-state index contributed by atoms with van der Waals surface area (Å²) in [4.78, 5) is 35.7. The molecule has 1 unspecified atom stereocenters. The molecule has 1 heterocycles. The van der Waals surface area contributed by atoms with Gasteiger partial charge >= 0.3 is 12.1 Å². The Hall–Kier alpha value is -4.14. The molecule has 9 heteroatoms. The monoisotopic (exact) mass is 462 g/mol. The number of nitrogens with one attached hydrogen (secondary N) is 2. The number of amides is 2. The molecule has 1 atom stereocenters. The second-order valence-corrected chi connectivity index (χ2v) is 8.27. The summed E-state index contributed by atoms with van der Waals surface area (Å²) in [5.74, 6) is -1.68. The van der Waals surface area contributed by atoms with Crippen LogP contribution >= 0.6 is 0 Å². The van der Waals surface area contributed by atoms with E-state index in [2.05, 4.69) is 27.9 Å². The zero-order valence-corrected chi connectivity index (χ0v) is 18.9. The lowest BCUT2D eigenvalue weighted by Crippen LogP contribution is -2.27. The third-order valence-corrected chi connectivity index (χ3v) is 5.97. The standard InChI is InChI=1S/C25H26N4O5/c1-15(24(31)32)11-12-26-23(30)21-13-22(29(2)28-21)27-25(33)34-14-20-18-9-5-3-7-16(18)17-8-4-6-10-19(17)20/h3-10,13,15,20H,11-12,14H2,1-2H3,(H,26,30)(H,27,33)(H,31,32). The lowest BCUT2D eigenvalue weighted by Gasteiger charge is -2.14. The number of hydrogen-bond donors (Lipinski definition) is 3. The van der Waals surface area contributed by atoms with Crippen LogP contribution in [0.3, 0.4) is 0 Å². The van der Waals surface area contributed by atoms with Crippen LogP contribution in [-0.2, 0) is 16.6 Å². The smallest absolute Gasteiger partial charge is 0.412 e. The SMILES string of the molecule is CC(CCNC(=O)c1cc(NC(=O)OCC2c3ccccc3-c3ccccc32)n(C)n1)C(=O)O. The highest BCUT2D eigenvalue weighted by Gasteiger charge is 2.29. The van der Waals surface area contributed by atoms with Gasteiger partial charge in [0.2, 0.25) is 0 Å². The van der Waals surface area contributed by atoms with Crippen molar-refractivity contribution in [1.82, 2.24) is 15.1 Å². The Labute approximate surface area is 196 Å². The highest BCUT2D eigenvalue weighted by atomic mass is 16.5. The van der Waals surface area contributed by atoms with E-state index < -0.39 is 23.9 Å². The van der Waals surface area contributed by atoms with Crippen LogP contribution in [-0.4, -0.2) is 46.0 Å². The maximum Gasteiger partial charge on any atom is 0.412 e. The molecule has 0 aliphatic heterocycles. The summed E-state index contributed by atoms with van der Waals surface area (Å²) < 4.78 is 6.91. The van der Waals surface area contributed by atoms with Gasteiger partial charge in [-0.05, 0) is 28.7 Å².